The topological polar surface area (TPSA) is 72.9 Å². The molecule has 2 unspecified atom stereocenters. The standard InChI is InChI=1S/C28H26F5NO5S/c1-40(36,37)25-15-22(8-9-23(25)19-5-3-2-4-6-19)38-17-18-11-12-34(16-20-14-21(29)7-10-24(20)30)26(13-18)39-27(35)28(31,32)33/h2-10,14-15,18,26H,11-13,16-17H2,1H3. The van der Waals surface area contributed by atoms with Crippen LogP contribution in [0.15, 0.2) is 71.6 Å². The van der Waals surface area contributed by atoms with Gasteiger partial charge in [-0.2, -0.15) is 13.2 Å². The minimum atomic E-state index is -5.23. The van der Waals surface area contributed by atoms with E-state index in [2.05, 4.69) is 0 Å². The molecule has 0 aromatic heterocycles. The third kappa shape index (κ3) is 7.36. The van der Waals surface area contributed by atoms with Gasteiger partial charge in [0, 0.05) is 36.9 Å². The van der Waals surface area contributed by atoms with E-state index in [0.29, 0.717) is 17.5 Å². The Morgan fingerprint density at radius 3 is 2.42 bits per heavy atom. The minimum Gasteiger partial charge on any atom is -0.493 e. The van der Waals surface area contributed by atoms with Crippen molar-refractivity contribution in [3.05, 3.63) is 83.9 Å². The van der Waals surface area contributed by atoms with Crippen molar-refractivity contribution in [2.75, 3.05) is 19.4 Å². The summed E-state index contributed by atoms with van der Waals surface area (Å²) in [6, 6.07) is 16.3. The zero-order chi connectivity index (χ0) is 29.1. The fraction of sp³-hybridized carbons (Fsp3) is 0.321. The maximum Gasteiger partial charge on any atom is 0.490 e. The van der Waals surface area contributed by atoms with Gasteiger partial charge < -0.3 is 9.47 Å². The van der Waals surface area contributed by atoms with Crippen LogP contribution in [0.25, 0.3) is 11.1 Å². The highest BCUT2D eigenvalue weighted by atomic mass is 32.2. The number of esters is 1. The first kappa shape index (κ1) is 29.5. The third-order valence-electron chi connectivity index (χ3n) is 6.55. The second kappa shape index (κ2) is 11.9. The van der Waals surface area contributed by atoms with Crippen LogP contribution in [0.1, 0.15) is 18.4 Å². The summed E-state index contributed by atoms with van der Waals surface area (Å²) in [6.45, 7) is -0.164. The van der Waals surface area contributed by atoms with Crippen molar-refractivity contribution in [3.63, 3.8) is 0 Å². The van der Waals surface area contributed by atoms with Gasteiger partial charge in [-0.15, -0.1) is 0 Å². The van der Waals surface area contributed by atoms with E-state index in [4.69, 9.17) is 9.47 Å². The van der Waals surface area contributed by atoms with Crippen LogP contribution in [0, 0.1) is 17.6 Å². The van der Waals surface area contributed by atoms with Gasteiger partial charge in [-0.05, 0) is 54.3 Å². The van der Waals surface area contributed by atoms with Crippen LogP contribution in [0.2, 0.25) is 0 Å². The monoisotopic (exact) mass is 583 g/mol. The average molecular weight is 584 g/mol. The molecule has 0 saturated carbocycles. The Hall–Kier alpha value is -3.51. The average Bonchev–Trinajstić information content (AvgIpc) is 2.90. The largest absolute Gasteiger partial charge is 0.493 e. The number of carbonyl (C=O) groups is 1. The molecule has 0 amide bonds. The molecule has 0 spiro atoms. The molecule has 2 atom stereocenters. The van der Waals surface area contributed by atoms with Crippen molar-refractivity contribution in [2.45, 2.75) is 36.7 Å². The van der Waals surface area contributed by atoms with Gasteiger partial charge in [0.15, 0.2) is 16.1 Å². The highest BCUT2D eigenvalue weighted by molar-refractivity contribution is 7.90. The minimum absolute atomic E-state index is 0.00385. The summed E-state index contributed by atoms with van der Waals surface area (Å²) in [7, 11) is -3.64. The van der Waals surface area contributed by atoms with E-state index in [9.17, 15) is 35.2 Å². The van der Waals surface area contributed by atoms with Crippen LogP contribution in [0.3, 0.4) is 0 Å². The highest BCUT2D eigenvalue weighted by Crippen LogP contribution is 2.33. The molecule has 1 heterocycles. The summed E-state index contributed by atoms with van der Waals surface area (Å²) < 4.78 is 102. The lowest BCUT2D eigenvalue weighted by molar-refractivity contribution is -0.217. The molecule has 0 aliphatic carbocycles. The molecular formula is C28H26F5NO5S. The smallest absolute Gasteiger partial charge is 0.490 e. The summed E-state index contributed by atoms with van der Waals surface area (Å²) in [5.41, 5.74) is 1.10. The molecule has 1 aliphatic heterocycles. The van der Waals surface area contributed by atoms with Gasteiger partial charge in [-0.1, -0.05) is 30.3 Å². The summed E-state index contributed by atoms with van der Waals surface area (Å²) in [5, 5.41) is 0. The van der Waals surface area contributed by atoms with E-state index >= 15 is 0 Å². The second-order valence-electron chi connectivity index (χ2n) is 9.56. The van der Waals surface area contributed by atoms with Crippen LogP contribution in [0.5, 0.6) is 5.75 Å². The molecule has 3 aromatic rings. The van der Waals surface area contributed by atoms with E-state index in [-0.39, 0.29) is 48.2 Å². The number of benzene rings is 3. The molecule has 214 valence electrons. The maximum atomic E-state index is 14.2. The summed E-state index contributed by atoms with van der Waals surface area (Å²) in [4.78, 5) is 13.0. The summed E-state index contributed by atoms with van der Waals surface area (Å²) >= 11 is 0. The zero-order valence-corrected chi connectivity index (χ0v) is 22.1. The Bertz CT molecular complexity index is 1460. The zero-order valence-electron chi connectivity index (χ0n) is 21.3. The number of alkyl halides is 3. The predicted molar refractivity (Wildman–Crippen MR) is 136 cm³/mol. The molecule has 1 aliphatic rings. The normalized spacial score (nSPS) is 18.4. The number of nitrogens with zero attached hydrogens (tertiary/aromatic N) is 1. The molecule has 0 bridgehead atoms. The number of hydrogen-bond donors (Lipinski definition) is 0. The van der Waals surface area contributed by atoms with Gasteiger partial charge in [0.2, 0.25) is 0 Å². The van der Waals surface area contributed by atoms with E-state index in [0.717, 1.165) is 24.5 Å². The molecule has 0 N–H and O–H groups in total. The highest BCUT2D eigenvalue weighted by Gasteiger charge is 2.44. The van der Waals surface area contributed by atoms with E-state index in [1.807, 2.05) is 0 Å². The molecule has 1 saturated heterocycles. The number of likely N-dealkylation sites (tertiary alicyclic amines) is 1. The van der Waals surface area contributed by atoms with Crippen molar-refractivity contribution in [2.24, 2.45) is 5.92 Å². The Balaban J connectivity index is 1.50. The number of hydrogen-bond acceptors (Lipinski definition) is 6. The van der Waals surface area contributed by atoms with Crippen LogP contribution >= 0.6 is 0 Å². The lowest BCUT2D eigenvalue weighted by Crippen LogP contribution is -2.47. The lowest BCUT2D eigenvalue weighted by Gasteiger charge is -2.38. The summed E-state index contributed by atoms with van der Waals surface area (Å²) in [5.74, 6) is -3.98. The fourth-order valence-corrected chi connectivity index (χ4v) is 5.46. The molecule has 6 nitrogen and oxygen atoms in total. The van der Waals surface area contributed by atoms with E-state index < -0.39 is 39.8 Å². The van der Waals surface area contributed by atoms with Gasteiger partial charge in [-0.3, -0.25) is 4.90 Å². The number of piperidine rings is 1. The van der Waals surface area contributed by atoms with Gasteiger partial charge >= 0.3 is 12.1 Å². The summed E-state index contributed by atoms with van der Waals surface area (Å²) in [6.07, 6.45) is -5.21. The van der Waals surface area contributed by atoms with Gasteiger partial charge in [0.25, 0.3) is 0 Å². The molecule has 0 radical (unpaired) electrons. The van der Waals surface area contributed by atoms with Crippen molar-refractivity contribution in [3.8, 4) is 16.9 Å². The maximum absolute atomic E-state index is 14.2. The molecule has 4 rings (SSSR count). The van der Waals surface area contributed by atoms with Gasteiger partial charge in [0.1, 0.15) is 17.4 Å². The van der Waals surface area contributed by atoms with Crippen molar-refractivity contribution in [1.82, 2.24) is 4.90 Å². The molecule has 3 aromatic carbocycles. The Labute approximate surface area is 228 Å². The van der Waals surface area contributed by atoms with Crippen LogP contribution < -0.4 is 4.74 Å². The van der Waals surface area contributed by atoms with Gasteiger partial charge in [0.05, 0.1) is 11.5 Å². The number of rotatable bonds is 8. The number of ether oxygens (including phenoxy) is 2. The lowest BCUT2D eigenvalue weighted by atomic mass is 9.95. The van der Waals surface area contributed by atoms with Crippen molar-refractivity contribution >= 4 is 15.8 Å². The first-order valence-corrected chi connectivity index (χ1v) is 14.2. The SMILES string of the molecule is CS(=O)(=O)c1cc(OCC2CCN(Cc3cc(F)ccc3F)C(OC(=O)C(F)(F)F)C2)ccc1-c1ccccc1. The number of sulfone groups is 1. The Morgan fingerprint density at radius 1 is 1.02 bits per heavy atom. The quantitative estimate of drug-likeness (QED) is 0.248. The van der Waals surface area contributed by atoms with E-state index in [1.165, 1.54) is 11.0 Å². The molecule has 1 fully saturated rings. The van der Waals surface area contributed by atoms with Crippen LogP contribution in [-0.2, 0) is 25.9 Å². The number of carbonyl (C=O) groups excluding carboxylic acids is 1. The van der Waals surface area contributed by atoms with Crippen molar-refractivity contribution in [1.29, 1.82) is 0 Å². The van der Waals surface area contributed by atoms with E-state index in [1.54, 1.807) is 42.5 Å². The third-order valence-corrected chi connectivity index (χ3v) is 7.68. The number of halogens is 5. The molecule has 12 heteroatoms. The Kier molecular flexibility index (Phi) is 8.79. The van der Waals surface area contributed by atoms with Crippen LogP contribution in [-0.4, -0.2) is 51.1 Å². The van der Waals surface area contributed by atoms with Gasteiger partial charge in [-0.25, -0.2) is 22.0 Å². The first-order chi connectivity index (χ1) is 18.8. The van der Waals surface area contributed by atoms with Crippen molar-refractivity contribution < 1.29 is 44.6 Å². The predicted octanol–water partition coefficient (Wildman–Crippen LogP) is 5.76. The Morgan fingerprint density at radius 2 is 1.75 bits per heavy atom. The fourth-order valence-electron chi connectivity index (χ4n) is 4.54. The first-order valence-electron chi connectivity index (χ1n) is 12.3. The molecule has 40 heavy (non-hydrogen) atoms. The molecular weight excluding hydrogens is 557 g/mol. The van der Waals surface area contributed by atoms with Crippen LogP contribution in [0.4, 0.5) is 22.0 Å². The second-order valence-corrected chi connectivity index (χ2v) is 11.5.